The van der Waals surface area contributed by atoms with E-state index in [-0.39, 0.29) is 5.02 Å². The molecule has 1 heterocycles. The minimum atomic E-state index is -1.00. The van der Waals surface area contributed by atoms with Crippen LogP contribution < -0.4 is 0 Å². The van der Waals surface area contributed by atoms with Crippen molar-refractivity contribution in [3.05, 3.63) is 106 Å². The van der Waals surface area contributed by atoms with Crippen molar-refractivity contribution in [3.63, 3.8) is 0 Å². The van der Waals surface area contributed by atoms with Crippen molar-refractivity contribution in [2.75, 3.05) is 0 Å². The zero-order chi connectivity index (χ0) is 22.7. The van der Waals surface area contributed by atoms with Gasteiger partial charge in [-0.15, -0.1) is 0 Å². The number of nitrogens with one attached hydrogen (secondary N) is 1. The fourth-order valence-corrected chi connectivity index (χ4v) is 4.02. The highest BCUT2D eigenvalue weighted by atomic mass is 35.5. The van der Waals surface area contributed by atoms with Crippen molar-refractivity contribution in [2.45, 2.75) is 13.3 Å². The minimum absolute atomic E-state index is 0.0900. The van der Waals surface area contributed by atoms with Crippen LogP contribution in [0, 0.1) is 5.82 Å². The SMILES string of the molecule is CC/C(=C(/c1ccc(/C=C/C(=O)O)cc1)c1ccc2[nH]ncc2c1)c1cccc(F)c1Cl. The summed E-state index contributed by atoms with van der Waals surface area (Å²) in [6, 6.07) is 18.4. The molecule has 0 saturated heterocycles. The lowest BCUT2D eigenvalue weighted by atomic mass is 9.87. The molecule has 0 aliphatic rings. The summed E-state index contributed by atoms with van der Waals surface area (Å²) in [5.41, 5.74) is 6.03. The highest BCUT2D eigenvalue weighted by molar-refractivity contribution is 6.33. The number of hydrogen-bond acceptors (Lipinski definition) is 2. The second-order valence-electron chi connectivity index (χ2n) is 7.27. The number of benzene rings is 3. The van der Waals surface area contributed by atoms with Gasteiger partial charge in [0.2, 0.25) is 0 Å². The number of H-pyrrole nitrogens is 1. The van der Waals surface area contributed by atoms with E-state index in [1.807, 2.05) is 55.5 Å². The molecule has 0 saturated carbocycles. The first-order chi connectivity index (χ1) is 15.5. The molecule has 0 fully saturated rings. The van der Waals surface area contributed by atoms with Crippen LogP contribution in [0.4, 0.5) is 4.39 Å². The molecular formula is C26H20ClFN2O2. The van der Waals surface area contributed by atoms with Crippen molar-refractivity contribution in [3.8, 4) is 0 Å². The first kappa shape index (κ1) is 21.5. The largest absolute Gasteiger partial charge is 0.478 e. The van der Waals surface area contributed by atoms with Gasteiger partial charge in [0, 0.05) is 11.5 Å². The molecule has 0 bridgehead atoms. The Hall–Kier alpha value is -3.70. The van der Waals surface area contributed by atoms with Crippen molar-refractivity contribution in [2.24, 2.45) is 0 Å². The molecule has 4 aromatic rings. The fraction of sp³-hybridized carbons (Fsp3) is 0.0769. The summed E-state index contributed by atoms with van der Waals surface area (Å²) in [7, 11) is 0. The topological polar surface area (TPSA) is 66.0 Å². The van der Waals surface area contributed by atoms with E-state index in [4.69, 9.17) is 16.7 Å². The van der Waals surface area contributed by atoms with Crippen LogP contribution in [-0.4, -0.2) is 21.3 Å². The smallest absolute Gasteiger partial charge is 0.328 e. The fourth-order valence-electron chi connectivity index (χ4n) is 3.78. The van der Waals surface area contributed by atoms with Gasteiger partial charge >= 0.3 is 5.97 Å². The summed E-state index contributed by atoms with van der Waals surface area (Å²) in [6.07, 6.45) is 5.03. The lowest BCUT2D eigenvalue weighted by Gasteiger charge is -2.18. The van der Waals surface area contributed by atoms with E-state index < -0.39 is 11.8 Å². The Morgan fingerprint density at radius 1 is 1.12 bits per heavy atom. The number of fused-ring (bicyclic) bond motifs is 1. The summed E-state index contributed by atoms with van der Waals surface area (Å²) in [5.74, 6) is -1.47. The number of carboxylic acid groups (broad SMARTS) is 1. The van der Waals surface area contributed by atoms with Crippen molar-refractivity contribution < 1.29 is 14.3 Å². The molecular weight excluding hydrogens is 427 g/mol. The quantitative estimate of drug-likeness (QED) is 0.252. The Morgan fingerprint density at radius 2 is 1.88 bits per heavy atom. The predicted octanol–water partition coefficient (Wildman–Crippen LogP) is 6.82. The van der Waals surface area contributed by atoms with Crippen LogP contribution in [0.3, 0.4) is 0 Å². The molecule has 160 valence electrons. The summed E-state index contributed by atoms with van der Waals surface area (Å²) in [6.45, 7) is 2.01. The second-order valence-corrected chi connectivity index (χ2v) is 7.65. The number of hydrogen-bond donors (Lipinski definition) is 2. The predicted molar refractivity (Wildman–Crippen MR) is 127 cm³/mol. The average molecular weight is 447 g/mol. The number of halogens is 2. The highest BCUT2D eigenvalue weighted by Crippen LogP contribution is 2.38. The molecule has 4 rings (SSSR count). The zero-order valence-corrected chi connectivity index (χ0v) is 18.0. The molecule has 2 N–H and O–H groups in total. The molecule has 0 aliphatic carbocycles. The van der Waals surface area contributed by atoms with Gasteiger partial charge in [-0.05, 0) is 64.1 Å². The summed E-state index contributed by atoms with van der Waals surface area (Å²) in [5, 5.41) is 17.0. The Labute approximate surface area is 189 Å². The number of aromatic nitrogens is 2. The lowest BCUT2D eigenvalue weighted by Crippen LogP contribution is -1.97. The molecule has 0 spiro atoms. The van der Waals surface area contributed by atoms with Crippen LogP contribution in [0.25, 0.3) is 28.1 Å². The summed E-state index contributed by atoms with van der Waals surface area (Å²) >= 11 is 6.37. The van der Waals surface area contributed by atoms with E-state index in [0.717, 1.165) is 44.8 Å². The normalized spacial score (nSPS) is 12.3. The number of allylic oxidation sites excluding steroid dienone is 1. The van der Waals surface area contributed by atoms with Crippen LogP contribution in [-0.2, 0) is 4.79 Å². The number of rotatable bonds is 6. The Bertz CT molecular complexity index is 1350. The molecule has 0 unspecified atom stereocenters. The van der Waals surface area contributed by atoms with E-state index in [1.54, 1.807) is 12.3 Å². The van der Waals surface area contributed by atoms with E-state index >= 15 is 0 Å². The van der Waals surface area contributed by atoms with Gasteiger partial charge in [-0.3, -0.25) is 5.10 Å². The molecule has 4 nitrogen and oxygen atoms in total. The monoisotopic (exact) mass is 446 g/mol. The zero-order valence-electron chi connectivity index (χ0n) is 17.3. The van der Waals surface area contributed by atoms with Crippen LogP contribution >= 0.6 is 11.6 Å². The second kappa shape index (κ2) is 9.20. The van der Waals surface area contributed by atoms with E-state index in [0.29, 0.717) is 12.0 Å². The molecule has 0 aliphatic heterocycles. The lowest BCUT2D eigenvalue weighted by molar-refractivity contribution is -0.131. The third-order valence-corrected chi connectivity index (χ3v) is 5.66. The maximum atomic E-state index is 14.3. The van der Waals surface area contributed by atoms with Crippen molar-refractivity contribution >= 4 is 45.7 Å². The standard InChI is InChI=1S/C26H20ClFN2O2/c1-2-20(21-4-3-5-22(28)26(21)27)25(18-11-12-23-19(14-18)15-29-30-23)17-9-6-16(7-10-17)8-13-24(31)32/h3-15H,2H2,1H3,(H,29,30)(H,31,32)/b13-8+,25-20+. The van der Waals surface area contributed by atoms with Gasteiger partial charge in [-0.1, -0.05) is 61.0 Å². The summed E-state index contributed by atoms with van der Waals surface area (Å²) in [4.78, 5) is 10.8. The van der Waals surface area contributed by atoms with Crippen LogP contribution in [0.1, 0.15) is 35.6 Å². The van der Waals surface area contributed by atoms with Crippen LogP contribution in [0.5, 0.6) is 0 Å². The van der Waals surface area contributed by atoms with E-state index in [1.165, 1.54) is 12.1 Å². The molecule has 0 radical (unpaired) electrons. The molecule has 32 heavy (non-hydrogen) atoms. The average Bonchev–Trinajstić information content (AvgIpc) is 3.26. The van der Waals surface area contributed by atoms with Gasteiger partial charge in [0.15, 0.2) is 0 Å². The van der Waals surface area contributed by atoms with E-state index in [2.05, 4.69) is 10.2 Å². The van der Waals surface area contributed by atoms with Crippen LogP contribution in [0.15, 0.2) is 72.9 Å². The van der Waals surface area contributed by atoms with Gasteiger partial charge in [-0.25, -0.2) is 9.18 Å². The Morgan fingerprint density at radius 3 is 2.59 bits per heavy atom. The Kier molecular flexibility index (Phi) is 6.19. The number of aliphatic carboxylic acids is 1. The molecule has 3 aromatic carbocycles. The highest BCUT2D eigenvalue weighted by Gasteiger charge is 2.17. The maximum Gasteiger partial charge on any atom is 0.328 e. The molecule has 0 atom stereocenters. The molecule has 6 heteroatoms. The minimum Gasteiger partial charge on any atom is -0.478 e. The number of carbonyl (C=O) groups is 1. The van der Waals surface area contributed by atoms with Gasteiger partial charge < -0.3 is 5.11 Å². The number of carboxylic acids is 1. The first-order valence-corrected chi connectivity index (χ1v) is 10.5. The van der Waals surface area contributed by atoms with Crippen molar-refractivity contribution in [1.29, 1.82) is 0 Å². The third kappa shape index (κ3) is 4.34. The van der Waals surface area contributed by atoms with Gasteiger partial charge in [0.1, 0.15) is 5.82 Å². The molecule has 0 amide bonds. The Balaban J connectivity index is 1.94. The number of aromatic amines is 1. The maximum absolute atomic E-state index is 14.3. The van der Waals surface area contributed by atoms with Crippen LogP contribution in [0.2, 0.25) is 5.02 Å². The first-order valence-electron chi connectivity index (χ1n) is 10.1. The summed E-state index contributed by atoms with van der Waals surface area (Å²) < 4.78 is 14.3. The third-order valence-electron chi connectivity index (χ3n) is 5.28. The molecule has 1 aromatic heterocycles. The van der Waals surface area contributed by atoms with Crippen molar-refractivity contribution in [1.82, 2.24) is 10.2 Å². The van der Waals surface area contributed by atoms with E-state index in [9.17, 15) is 9.18 Å². The van der Waals surface area contributed by atoms with Gasteiger partial charge in [-0.2, -0.15) is 5.10 Å². The van der Waals surface area contributed by atoms with Gasteiger partial charge in [0.05, 0.1) is 16.7 Å². The number of nitrogens with zero attached hydrogens (tertiary/aromatic N) is 1. The van der Waals surface area contributed by atoms with Gasteiger partial charge in [0.25, 0.3) is 0 Å².